The van der Waals surface area contributed by atoms with Gasteiger partial charge >= 0.3 is 0 Å². The van der Waals surface area contributed by atoms with E-state index in [1.54, 1.807) is 14.2 Å². The van der Waals surface area contributed by atoms with Crippen LogP contribution < -0.4 is 9.47 Å². The highest BCUT2D eigenvalue weighted by atomic mass is 16.5. The topological polar surface area (TPSA) is 18.5 Å². The van der Waals surface area contributed by atoms with Gasteiger partial charge in [0.1, 0.15) is 11.5 Å². The lowest BCUT2D eigenvalue weighted by molar-refractivity contribution is 0.413. The monoisotopic (exact) mass is 216 g/mol. The van der Waals surface area contributed by atoms with Gasteiger partial charge in [0.25, 0.3) is 0 Å². The zero-order valence-electron chi connectivity index (χ0n) is 9.91. The molecular formula is C14H16O2. The molecule has 0 saturated carbocycles. The first kappa shape index (κ1) is 10.8. The Morgan fingerprint density at radius 1 is 1.00 bits per heavy atom. The smallest absolute Gasteiger partial charge is 0.129 e. The summed E-state index contributed by atoms with van der Waals surface area (Å²) in [5, 5.41) is 2.29. The first-order valence-electron chi connectivity index (χ1n) is 5.43. The normalized spacial score (nSPS) is 10.4. The minimum atomic E-state index is 0.874. The van der Waals surface area contributed by atoms with E-state index in [2.05, 4.69) is 19.1 Å². The fraction of sp³-hybridized carbons (Fsp3) is 0.286. The predicted molar refractivity (Wildman–Crippen MR) is 66.4 cm³/mol. The van der Waals surface area contributed by atoms with Crippen LogP contribution in [0, 0.1) is 0 Å². The molecule has 0 heterocycles. The number of hydrogen-bond donors (Lipinski definition) is 0. The summed E-state index contributed by atoms with van der Waals surface area (Å²) >= 11 is 0. The lowest BCUT2D eigenvalue weighted by Gasteiger charge is -2.11. The van der Waals surface area contributed by atoms with Crippen molar-refractivity contribution in [3.63, 3.8) is 0 Å². The molecule has 0 atom stereocenters. The van der Waals surface area contributed by atoms with Crippen LogP contribution in [-0.4, -0.2) is 14.2 Å². The maximum atomic E-state index is 5.48. The van der Waals surface area contributed by atoms with E-state index in [0.29, 0.717) is 0 Å². The highest BCUT2D eigenvalue weighted by Crippen LogP contribution is 2.32. The van der Waals surface area contributed by atoms with Crippen LogP contribution in [0.15, 0.2) is 30.3 Å². The quantitative estimate of drug-likeness (QED) is 0.782. The van der Waals surface area contributed by atoms with Crippen LogP contribution in [0.3, 0.4) is 0 Å². The standard InChI is InChI=1S/C14H16O2/c1-4-10-5-6-11-9-12(15-2)7-8-13(11)14(10)16-3/h5-9H,4H2,1-3H3. The van der Waals surface area contributed by atoms with Gasteiger partial charge in [-0.1, -0.05) is 19.1 Å². The second kappa shape index (κ2) is 4.44. The Morgan fingerprint density at radius 2 is 1.81 bits per heavy atom. The average Bonchev–Trinajstić information content (AvgIpc) is 2.36. The number of rotatable bonds is 3. The summed E-state index contributed by atoms with van der Waals surface area (Å²) in [5.41, 5.74) is 1.24. The van der Waals surface area contributed by atoms with Gasteiger partial charge in [0.15, 0.2) is 0 Å². The number of aryl methyl sites for hydroxylation is 1. The maximum absolute atomic E-state index is 5.48. The third kappa shape index (κ3) is 1.71. The van der Waals surface area contributed by atoms with Crippen molar-refractivity contribution in [2.75, 3.05) is 14.2 Å². The molecule has 0 aliphatic rings. The molecule has 0 saturated heterocycles. The fourth-order valence-electron chi connectivity index (χ4n) is 1.97. The van der Waals surface area contributed by atoms with Crippen molar-refractivity contribution >= 4 is 10.8 Å². The fourth-order valence-corrected chi connectivity index (χ4v) is 1.97. The molecule has 0 N–H and O–H groups in total. The summed E-state index contributed by atoms with van der Waals surface area (Å²) in [6, 6.07) is 10.3. The molecule has 2 nitrogen and oxygen atoms in total. The summed E-state index contributed by atoms with van der Waals surface area (Å²) in [6.45, 7) is 2.13. The molecule has 2 aromatic carbocycles. The molecule has 0 amide bonds. The van der Waals surface area contributed by atoms with Crippen molar-refractivity contribution in [2.24, 2.45) is 0 Å². The summed E-state index contributed by atoms with van der Waals surface area (Å²) in [6.07, 6.45) is 0.977. The van der Waals surface area contributed by atoms with Crippen molar-refractivity contribution in [1.29, 1.82) is 0 Å². The van der Waals surface area contributed by atoms with E-state index in [9.17, 15) is 0 Å². The Bertz CT molecular complexity index is 503. The molecule has 0 unspecified atom stereocenters. The van der Waals surface area contributed by atoms with Gasteiger partial charge in [-0.2, -0.15) is 0 Å². The summed E-state index contributed by atoms with van der Waals surface area (Å²) in [7, 11) is 3.40. The largest absolute Gasteiger partial charge is 0.497 e. The minimum absolute atomic E-state index is 0.874. The van der Waals surface area contributed by atoms with E-state index in [4.69, 9.17) is 9.47 Å². The molecule has 0 aromatic heterocycles. The zero-order chi connectivity index (χ0) is 11.5. The van der Waals surface area contributed by atoms with E-state index in [1.165, 1.54) is 5.56 Å². The highest BCUT2D eigenvalue weighted by molar-refractivity contribution is 5.90. The van der Waals surface area contributed by atoms with Gasteiger partial charge in [-0.3, -0.25) is 0 Å². The zero-order valence-corrected chi connectivity index (χ0v) is 9.91. The molecule has 2 aromatic rings. The van der Waals surface area contributed by atoms with E-state index >= 15 is 0 Å². The maximum Gasteiger partial charge on any atom is 0.129 e. The third-order valence-corrected chi connectivity index (χ3v) is 2.84. The molecule has 0 bridgehead atoms. The Labute approximate surface area is 95.8 Å². The minimum Gasteiger partial charge on any atom is -0.497 e. The van der Waals surface area contributed by atoms with Gasteiger partial charge in [-0.25, -0.2) is 0 Å². The Hall–Kier alpha value is -1.70. The number of ether oxygens (including phenoxy) is 2. The lowest BCUT2D eigenvalue weighted by atomic mass is 10.0. The molecule has 0 spiro atoms. The Morgan fingerprint density at radius 3 is 2.44 bits per heavy atom. The summed E-state index contributed by atoms with van der Waals surface area (Å²) in [4.78, 5) is 0. The molecule has 2 rings (SSSR count). The lowest BCUT2D eigenvalue weighted by Crippen LogP contribution is -1.92. The molecule has 2 heteroatoms. The highest BCUT2D eigenvalue weighted by Gasteiger charge is 2.07. The average molecular weight is 216 g/mol. The molecule has 0 fully saturated rings. The van der Waals surface area contributed by atoms with Crippen molar-refractivity contribution in [2.45, 2.75) is 13.3 Å². The van der Waals surface area contributed by atoms with Crippen LogP contribution in [0.2, 0.25) is 0 Å². The molecule has 84 valence electrons. The van der Waals surface area contributed by atoms with Gasteiger partial charge in [0.05, 0.1) is 14.2 Å². The van der Waals surface area contributed by atoms with Crippen LogP contribution in [0.4, 0.5) is 0 Å². The van der Waals surface area contributed by atoms with Crippen molar-refractivity contribution in [3.05, 3.63) is 35.9 Å². The van der Waals surface area contributed by atoms with Gasteiger partial charge in [0, 0.05) is 5.39 Å². The van der Waals surface area contributed by atoms with Gasteiger partial charge in [0.2, 0.25) is 0 Å². The van der Waals surface area contributed by atoms with Crippen molar-refractivity contribution < 1.29 is 9.47 Å². The van der Waals surface area contributed by atoms with Crippen LogP contribution in [0.5, 0.6) is 11.5 Å². The van der Waals surface area contributed by atoms with Gasteiger partial charge in [-0.05, 0) is 35.6 Å². The van der Waals surface area contributed by atoms with Crippen LogP contribution >= 0.6 is 0 Å². The first-order valence-corrected chi connectivity index (χ1v) is 5.43. The van der Waals surface area contributed by atoms with Gasteiger partial charge < -0.3 is 9.47 Å². The summed E-state index contributed by atoms with van der Waals surface area (Å²) < 4.78 is 10.7. The van der Waals surface area contributed by atoms with Crippen LogP contribution in [0.25, 0.3) is 10.8 Å². The summed E-state index contributed by atoms with van der Waals surface area (Å²) in [5.74, 6) is 1.85. The Kier molecular flexibility index (Phi) is 3.00. The molecule has 0 radical (unpaired) electrons. The second-order valence-electron chi connectivity index (χ2n) is 3.70. The van der Waals surface area contributed by atoms with Crippen molar-refractivity contribution in [3.8, 4) is 11.5 Å². The Balaban J connectivity index is 2.69. The molecule has 16 heavy (non-hydrogen) atoms. The van der Waals surface area contributed by atoms with Crippen LogP contribution in [0.1, 0.15) is 12.5 Å². The van der Waals surface area contributed by atoms with Crippen molar-refractivity contribution in [1.82, 2.24) is 0 Å². The number of methoxy groups -OCH3 is 2. The van der Waals surface area contributed by atoms with E-state index in [1.807, 2.05) is 18.2 Å². The molecule has 0 aliphatic heterocycles. The molecular weight excluding hydrogens is 200 g/mol. The van der Waals surface area contributed by atoms with E-state index < -0.39 is 0 Å². The number of hydrogen-bond acceptors (Lipinski definition) is 2. The predicted octanol–water partition coefficient (Wildman–Crippen LogP) is 3.42. The van der Waals surface area contributed by atoms with E-state index in [0.717, 1.165) is 28.7 Å². The number of fused-ring (bicyclic) bond motifs is 1. The van der Waals surface area contributed by atoms with Crippen LogP contribution in [-0.2, 0) is 6.42 Å². The van der Waals surface area contributed by atoms with Gasteiger partial charge in [-0.15, -0.1) is 0 Å². The van der Waals surface area contributed by atoms with E-state index in [-0.39, 0.29) is 0 Å². The third-order valence-electron chi connectivity index (χ3n) is 2.84. The second-order valence-corrected chi connectivity index (χ2v) is 3.70. The molecule has 0 aliphatic carbocycles. The SMILES string of the molecule is CCc1ccc2cc(OC)ccc2c1OC. The number of benzene rings is 2. The first-order chi connectivity index (χ1) is 7.80.